The highest BCUT2D eigenvalue weighted by atomic mass is 32.1. The Morgan fingerprint density at radius 3 is 2.87 bits per heavy atom. The highest BCUT2D eigenvalue weighted by molar-refractivity contribution is 6.99. The van der Waals surface area contributed by atoms with E-state index < -0.39 is 0 Å². The Morgan fingerprint density at radius 2 is 2.04 bits per heavy atom. The second-order valence-corrected chi connectivity index (χ2v) is 5.47. The van der Waals surface area contributed by atoms with E-state index in [1.807, 2.05) is 47.2 Å². The minimum Gasteiger partial charge on any atom is -0.318 e. The van der Waals surface area contributed by atoms with Gasteiger partial charge in [-0.15, -0.1) is 0 Å². The second-order valence-electron chi connectivity index (χ2n) is 4.94. The van der Waals surface area contributed by atoms with Gasteiger partial charge in [-0.05, 0) is 23.8 Å². The first-order valence-electron chi connectivity index (χ1n) is 6.94. The molecule has 7 heteroatoms. The number of pyridine rings is 1. The fourth-order valence-corrected chi connectivity index (χ4v) is 3.00. The van der Waals surface area contributed by atoms with Gasteiger partial charge in [0.15, 0.2) is 17.2 Å². The molecule has 0 atom stereocenters. The minimum absolute atomic E-state index is 0.303. The van der Waals surface area contributed by atoms with Crippen molar-refractivity contribution in [1.29, 1.82) is 5.26 Å². The number of nitriles is 1. The van der Waals surface area contributed by atoms with E-state index in [2.05, 4.69) is 24.8 Å². The predicted molar refractivity (Wildman–Crippen MR) is 86.7 cm³/mol. The van der Waals surface area contributed by atoms with Crippen molar-refractivity contribution in [2.45, 2.75) is 6.54 Å². The number of fused-ring (bicyclic) bond motifs is 1. The zero-order chi connectivity index (χ0) is 15.6. The van der Waals surface area contributed by atoms with E-state index in [0.29, 0.717) is 23.8 Å². The van der Waals surface area contributed by atoms with Gasteiger partial charge in [0, 0.05) is 12.4 Å². The highest BCUT2D eigenvalue weighted by Crippen LogP contribution is 2.26. The third kappa shape index (κ3) is 2.35. The molecule has 3 aromatic heterocycles. The van der Waals surface area contributed by atoms with Crippen LogP contribution in [0.5, 0.6) is 0 Å². The Hall–Kier alpha value is -3.11. The van der Waals surface area contributed by atoms with Gasteiger partial charge in [0.25, 0.3) is 0 Å². The molecule has 0 N–H and O–H groups in total. The van der Waals surface area contributed by atoms with Gasteiger partial charge in [-0.1, -0.05) is 18.2 Å². The zero-order valence-corrected chi connectivity index (χ0v) is 12.7. The summed E-state index contributed by atoms with van der Waals surface area (Å²) in [5.74, 6) is 0.653. The molecule has 0 spiro atoms. The van der Waals surface area contributed by atoms with Crippen LogP contribution in [0.1, 0.15) is 11.3 Å². The van der Waals surface area contributed by atoms with Crippen LogP contribution < -0.4 is 0 Å². The highest BCUT2D eigenvalue weighted by Gasteiger charge is 2.19. The molecule has 0 aliphatic heterocycles. The Labute approximate surface area is 136 Å². The van der Waals surface area contributed by atoms with Crippen LogP contribution >= 0.6 is 11.7 Å². The molecular weight excluding hydrogens is 308 g/mol. The average Bonchev–Trinajstić information content (AvgIpc) is 3.20. The molecule has 0 aliphatic rings. The minimum atomic E-state index is 0.303. The van der Waals surface area contributed by atoms with Gasteiger partial charge >= 0.3 is 0 Å². The van der Waals surface area contributed by atoms with Crippen molar-refractivity contribution < 1.29 is 0 Å². The van der Waals surface area contributed by atoms with Gasteiger partial charge in [-0.3, -0.25) is 4.98 Å². The first-order valence-corrected chi connectivity index (χ1v) is 7.67. The van der Waals surface area contributed by atoms with Gasteiger partial charge in [-0.25, -0.2) is 4.98 Å². The van der Waals surface area contributed by atoms with Gasteiger partial charge < -0.3 is 4.57 Å². The molecule has 3 heterocycles. The third-order valence-electron chi connectivity index (χ3n) is 3.52. The monoisotopic (exact) mass is 318 g/mol. The zero-order valence-electron chi connectivity index (χ0n) is 11.9. The number of para-hydroxylation sites is 2. The molecule has 4 aromatic rings. The molecule has 0 bridgehead atoms. The van der Waals surface area contributed by atoms with Crippen molar-refractivity contribution >= 4 is 22.8 Å². The Balaban J connectivity index is 1.94. The van der Waals surface area contributed by atoms with Crippen LogP contribution in [0.15, 0.2) is 48.8 Å². The van der Waals surface area contributed by atoms with Crippen molar-refractivity contribution in [3.63, 3.8) is 0 Å². The van der Waals surface area contributed by atoms with Crippen LogP contribution in [0, 0.1) is 11.3 Å². The summed E-state index contributed by atoms with van der Waals surface area (Å²) in [6, 6.07) is 13.9. The van der Waals surface area contributed by atoms with Crippen molar-refractivity contribution in [2.24, 2.45) is 0 Å². The number of benzene rings is 1. The lowest BCUT2D eigenvalue weighted by Gasteiger charge is -2.07. The smallest absolute Gasteiger partial charge is 0.185 e. The summed E-state index contributed by atoms with van der Waals surface area (Å²) in [5.41, 5.74) is 3.74. The van der Waals surface area contributed by atoms with E-state index in [-0.39, 0.29) is 0 Å². The van der Waals surface area contributed by atoms with Gasteiger partial charge in [0.1, 0.15) is 6.07 Å². The quantitative estimate of drug-likeness (QED) is 0.580. The molecule has 4 rings (SSSR count). The Morgan fingerprint density at radius 1 is 1.13 bits per heavy atom. The van der Waals surface area contributed by atoms with E-state index in [4.69, 9.17) is 0 Å². The second kappa shape index (κ2) is 5.59. The van der Waals surface area contributed by atoms with Crippen LogP contribution in [0.3, 0.4) is 0 Å². The van der Waals surface area contributed by atoms with E-state index >= 15 is 0 Å². The number of aromatic nitrogens is 5. The number of hydrogen-bond acceptors (Lipinski definition) is 6. The van der Waals surface area contributed by atoms with Gasteiger partial charge in [0.2, 0.25) is 0 Å². The molecule has 0 saturated heterocycles. The number of nitrogens with zero attached hydrogens (tertiary/aromatic N) is 6. The normalized spacial score (nSPS) is 10.7. The fourth-order valence-electron chi connectivity index (χ4n) is 2.50. The van der Waals surface area contributed by atoms with Crippen LogP contribution in [0.4, 0.5) is 0 Å². The van der Waals surface area contributed by atoms with Crippen molar-refractivity contribution in [2.75, 3.05) is 0 Å². The summed E-state index contributed by atoms with van der Waals surface area (Å²) >= 11 is 1.02. The van der Waals surface area contributed by atoms with Crippen molar-refractivity contribution in [1.82, 2.24) is 23.3 Å². The van der Waals surface area contributed by atoms with Crippen molar-refractivity contribution in [3.8, 4) is 17.6 Å². The maximum atomic E-state index is 9.23. The van der Waals surface area contributed by atoms with Crippen LogP contribution in [-0.4, -0.2) is 23.3 Å². The van der Waals surface area contributed by atoms with Gasteiger partial charge in [0.05, 0.1) is 29.3 Å². The SMILES string of the molecule is N#Cc1nsnc1-c1nc2ccccc2n1Cc1cccnc1. The molecule has 6 nitrogen and oxygen atoms in total. The van der Waals surface area contributed by atoms with Crippen LogP contribution in [0.25, 0.3) is 22.6 Å². The number of imidazole rings is 1. The van der Waals surface area contributed by atoms with E-state index in [1.165, 1.54) is 0 Å². The molecule has 23 heavy (non-hydrogen) atoms. The molecule has 0 amide bonds. The van der Waals surface area contributed by atoms with Crippen LogP contribution in [0.2, 0.25) is 0 Å². The Bertz CT molecular complexity index is 1010. The summed E-state index contributed by atoms with van der Waals surface area (Å²) < 4.78 is 10.3. The van der Waals surface area contributed by atoms with E-state index in [9.17, 15) is 5.26 Å². The fraction of sp³-hybridized carbons (Fsp3) is 0.0625. The molecule has 0 unspecified atom stereocenters. The lowest BCUT2D eigenvalue weighted by atomic mass is 10.2. The summed E-state index contributed by atoms with van der Waals surface area (Å²) in [5, 5.41) is 9.23. The Kier molecular flexibility index (Phi) is 3.29. The summed E-state index contributed by atoms with van der Waals surface area (Å²) in [6.45, 7) is 0.603. The van der Waals surface area contributed by atoms with Crippen molar-refractivity contribution in [3.05, 3.63) is 60.0 Å². The predicted octanol–water partition coefficient (Wildman–Crippen LogP) is 2.87. The van der Waals surface area contributed by atoms with Crippen LogP contribution in [-0.2, 0) is 6.54 Å². The summed E-state index contributed by atoms with van der Waals surface area (Å²) in [6.07, 6.45) is 3.57. The number of rotatable bonds is 3. The van der Waals surface area contributed by atoms with E-state index in [0.717, 1.165) is 28.3 Å². The lowest BCUT2D eigenvalue weighted by molar-refractivity contribution is 0.826. The maximum Gasteiger partial charge on any atom is 0.185 e. The molecular formula is C16H10N6S. The first-order chi connectivity index (χ1) is 11.4. The largest absolute Gasteiger partial charge is 0.318 e. The van der Waals surface area contributed by atoms with Gasteiger partial charge in [-0.2, -0.15) is 14.0 Å². The molecule has 0 fully saturated rings. The lowest BCUT2D eigenvalue weighted by Crippen LogP contribution is -2.03. The average molecular weight is 318 g/mol. The topological polar surface area (TPSA) is 80.3 Å². The maximum absolute atomic E-state index is 9.23. The first kappa shape index (κ1) is 13.5. The van der Waals surface area contributed by atoms with E-state index in [1.54, 1.807) is 6.20 Å². The molecule has 1 aromatic carbocycles. The summed E-state index contributed by atoms with van der Waals surface area (Å²) in [7, 11) is 0. The summed E-state index contributed by atoms with van der Waals surface area (Å²) in [4.78, 5) is 8.81. The number of hydrogen-bond donors (Lipinski definition) is 0. The molecule has 110 valence electrons. The third-order valence-corrected chi connectivity index (χ3v) is 4.05. The standard InChI is InChI=1S/C16H10N6S/c17-8-13-15(21-23-20-13)16-19-12-5-1-2-6-14(12)22(16)10-11-4-3-7-18-9-11/h1-7,9H,10H2. The molecule has 0 aliphatic carbocycles. The molecule has 0 radical (unpaired) electrons. The molecule has 0 saturated carbocycles.